The minimum Gasteiger partial charge on any atom is -0.493 e. The molecule has 31 heavy (non-hydrogen) atoms. The molecule has 0 unspecified atom stereocenters. The fraction of sp³-hybridized carbons (Fsp3) is 0.304. The number of carbonyl (C=O) groups is 1. The number of benzene rings is 1. The Labute approximate surface area is 180 Å². The van der Waals surface area contributed by atoms with Crippen molar-refractivity contribution in [3.05, 3.63) is 65.5 Å². The van der Waals surface area contributed by atoms with Crippen LogP contribution in [0.2, 0.25) is 0 Å². The molecular weight excluding hydrogens is 392 g/mol. The van der Waals surface area contributed by atoms with Crippen molar-refractivity contribution in [2.45, 2.75) is 38.1 Å². The molecule has 0 radical (unpaired) electrons. The number of nitrogens with zero attached hydrogens (tertiary/aromatic N) is 5. The predicted octanol–water partition coefficient (Wildman–Crippen LogP) is 3.56. The summed E-state index contributed by atoms with van der Waals surface area (Å²) in [6.07, 6.45) is 8.29. The van der Waals surface area contributed by atoms with Gasteiger partial charge in [0.25, 0.3) is 5.91 Å². The fourth-order valence-corrected chi connectivity index (χ4v) is 4.00. The molecule has 8 heteroatoms. The number of rotatable bonds is 5. The lowest BCUT2D eigenvalue weighted by molar-refractivity contribution is 0.0908. The molecule has 0 saturated heterocycles. The predicted molar refractivity (Wildman–Crippen MR) is 113 cm³/mol. The van der Waals surface area contributed by atoms with Crippen molar-refractivity contribution in [2.24, 2.45) is 5.92 Å². The highest BCUT2D eigenvalue weighted by Gasteiger charge is 2.28. The fourth-order valence-electron chi connectivity index (χ4n) is 4.00. The Hall–Kier alpha value is -3.86. The summed E-state index contributed by atoms with van der Waals surface area (Å²) in [6, 6.07) is 12.5. The number of amides is 1. The van der Waals surface area contributed by atoms with E-state index in [1.807, 2.05) is 12.1 Å². The molecule has 1 aliphatic carbocycles. The minimum atomic E-state index is -0.442. The molecule has 3 aromatic rings. The molecular formula is C23H22N6O2. The Morgan fingerprint density at radius 3 is 2.58 bits per heavy atom. The van der Waals surface area contributed by atoms with Gasteiger partial charge in [0.1, 0.15) is 11.3 Å². The van der Waals surface area contributed by atoms with Crippen LogP contribution in [0.4, 0.5) is 0 Å². The molecule has 2 aromatic heterocycles. The van der Waals surface area contributed by atoms with E-state index in [4.69, 9.17) is 5.26 Å². The highest BCUT2D eigenvalue weighted by molar-refractivity contribution is 5.96. The van der Waals surface area contributed by atoms with E-state index in [1.54, 1.807) is 24.3 Å². The SMILES string of the molecule is N#Cc1ccc([C@@H](NC(=O)c2cnc(-c3cccnn3)nc2O)C2CCCCC2)cc1. The van der Waals surface area contributed by atoms with Crippen LogP contribution < -0.4 is 5.32 Å². The van der Waals surface area contributed by atoms with E-state index in [0.717, 1.165) is 31.2 Å². The van der Waals surface area contributed by atoms with Gasteiger partial charge in [-0.2, -0.15) is 15.3 Å². The first-order valence-corrected chi connectivity index (χ1v) is 10.3. The number of hydrogen-bond donors (Lipinski definition) is 2. The van der Waals surface area contributed by atoms with Gasteiger partial charge in [-0.1, -0.05) is 31.4 Å². The molecule has 1 atom stereocenters. The summed E-state index contributed by atoms with van der Waals surface area (Å²) in [5, 5.41) is 30.2. The zero-order valence-corrected chi connectivity index (χ0v) is 16.9. The van der Waals surface area contributed by atoms with E-state index in [0.29, 0.717) is 11.3 Å². The zero-order chi connectivity index (χ0) is 21.6. The molecule has 1 amide bonds. The summed E-state index contributed by atoms with van der Waals surface area (Å²) in [4.78, 5) is 21.2. The van der Waals surface area contributed by atoms with Crippen molar-refractivity contribution < 1.29 is 9.90 Å². The lowest BCUT2D eigenvalue weighted by atomic mass is 9.81. The van der Waals surface area contributed by atoms with Gasteiger partial charge in [-0.3, -0.25) is 4.79 Å². The number of hydrogen-bond acceptors (Lipinski definition) is 7. The molecule has 1 aromatic carbocycles. The minimum absolute atomic E-state index is 0.00194. The zero-order valence-electron chi connectivity index (χ0n) is 16.9. The van der Waals surface area contributed by atoms with Crippen LogP contribution in [-0.2, 0) is 0 Å². The summed E-state index contributed by atoms with van der Waals surface area (Å²) in [5.74, 6) is -0.371. The van der Waals surface area contributed by atoms with Gasteiger partial charge < -0.3 is 10.4 Å². The third kappa shape index (κ3) is 4.67. The molecule has 1 fully saturated rings. The second-order valence-corrected chi connectivity index (χ2v) is 7.62. The summed E-state index contributed by atoms with van der Waals surface area (Å²) in [6.45, 7) is 0. The molecule has 4 rings (SSSR count). The first-order chi connectivity index (χ1) is 15.2. The van der Waals surface area contributed by atoms with Crippen molar-refractivity contribution in [1.29, 1.82) is 5.26 Å². The molecule has 1 saturated carbocycles. The van der Waals surface area contributed by atoms with Crippen LogP contribution in [-0.4, -0.2) is 31.2 Å². The van der Waals surface area contributed by atoms with Crippen molar-refractivity contribution in [3.8, 4) is 23.5 Å². The number of nitriles is 1. The van der Waals surface area contributed by atoms with Crippen LogP contribution in [0.5, 0.6) is 5.88 Å². The van der Waals surface area contributed by atoms with Crippen molar-refractivity contribution >= 4 is 5.91 Å². The Morgan fingerprint density at radius 1 is 1.16 bits per heavy atom. The maximum absolute atomic E-state index is 13.0. The third-order valence-corrected chi connectivity index (χ3v) is 5.62. The van der Waals surface area contributed by atoms with Crippen molar-refractivity contribution in [2.75, 3.05) is 0 Å². The number of aromatic nitrogens is 4. The van der Waals surface area contributed by atoms with E-state index < -0.39 is 11.8 Å². The third-order valence-electron chi connectivity index (χ3n) is 5.62. The standard InChI is InChI=1S/C23H22N6O2/c24-13-15-8-10-17(11-9-15)20(16-5-2-1-3-6-16)27-22(30)18-14-25-21(28-23(18)31)19-7-4-12-26-29-19/h4,7-12,14,16,20H,1-3,5-6H2,(H,27,30)(H,25,28,31)/t20-/m0/s1. The maximum atomic E-state index is 13.0. The van der Waals surface area contributed by atoms with E-state index in [9.17, 15) is 9.90 Å². The Balaban J connectivity index is 1.58. The quantitative estimate of drug-likeness (QED) is 0.654. The summed E-state index contributed by atoms with van der Waals surface area (Å²) < 4.78 is 0. The highest BCUT2D eigenvalue weighted by atomic mass is 16.3. The average Bonchev–Trinajstić information content (AvgIpc) is 2.83. The molecule has 156 valence electrons. The monoisotopic (exact) mass is 414 g/mol. The molecule has 0 spiro atoms. The summed E-state index contributed by atoms with van der Waals surface area (Å²) in [5.41, 5.74) is 1.92. The second-order valence-electron chi connectivity index (χ2n) is 7.62. The van der Waals surface area contributed by atoms with Gasteiger partial charge in [-0.25, -0.2) is 4.98 Å². The summed E-state index contributed by atoms with van der Waals surface area (Å²) in [7, 11) is 0. The van der Waals surface area contributed by atoms with Crippen LogP contribution in [0.25, 0.3) is 11.5 Å². The van der Waals surface area contributed by atoms with Crippen LogP contribution in [0.15, 0.2) is 48.8 Å². The number of aromatic hydroxyl groups is 1. The first-order valence-electron chi connectivity index (χ1n) is 10.3. The lowest BCUT2D eigenvalue weighted by Gasteiger charge is -2.31. The lowest BCUT2D eigenvalue weighted by Crippen LogP contribution is -2.34. The molecule has 0 aliphatic heterocycles. The topological polar surface area (TPSA) is 125 Å². The summed E-state index contributed by atoms with van der Waals surface area (Å²) >= 11 is 0. The number of carbonyl (C=O) groups excluding carboxylic acids is 1. The normalized spacial score (nSPS) is 15.1. The Kier molecular flexibility index (Phi) is 6.13. The van der Waals surface area contributed by atoms with Crippen molar-refractivity contribution in [3.63, 3.8) is 0 Å². The molecule has 8 nitrogen and oxygen atoms in total. The van der Waals surface area contributed by atoms with Gasteiger partial charge >= 0.3 is 0 Å². The first kappa shape index (κ1) is 20.4. The van der Waals surface area contributed by atoms with Crippen LogP contribution in [0.1, 0.15) is 59.6 Å². The van der Waals surface area contributed by atoms with E-state index in [1.165, 1.54) is 18.8 Å². The second kappa shape index (κ2) is 9.30. The smallest absolute Gasteiger partial charge is 0.258 e. The van der Waals surface area contributed by atoms with Crippen LogP contribution >= 0.6 is 0 Å². The Bertz CT molecular complexity index is 1090. The van der Waals surface area contributed by atoms with Gasteiger partial charge in [0, 0.05) is 12.4 Å². The van der Waals surface area contributed by atoms with Gasteiger partial charge in [-0.05, 0) is 48.6 Å². The highest BCUT2D eigenvalue weighted by Crippen LogP contribution is 2.35. The van der Waals surface area contributed by atoms with Crippen LogP contribution in [0, 0.1) is 17.2 Å². The van der Waals surface area contributed by atoms with E-state index in [-0.39, 0.29) is 23.3 Å². The maximum Gasteiger partial charge on any atom is 0.258 e. The van der Waals surface area contributed by atoms with Crippen molar-refractivity contribution in [1.82, 2.24) is 25.5 Å². The van der Waals surface area contributed by atoms with E-state index >= 15 is 0 Å². The molecule has 0 bridgehead atoms. The molecule has 2 heterocycles. The average molecular weight is 414 g/mol. The van der Waals surface area contributed by atoms with Gasteiger partial charge in [-0.15, -0.1) is 5.10 Å². The van der Waals surface area contributed by atoms with Crippen LogP contribution in [0.3, 0.4) is 0 Å². The molecule has 1 aliphatic rings. The van der Waals surface area contributed by atoms with E-state index in [2.05, 4.69) is 31.6 Å². The number of nitrogens with one attached hydrogen (secondary N) is 1. The van der Waals surface area contributed by atoms with Gasteiger partial charge in [0.2, 0.25) is 5.88 Å². The van der Waals surface area contributed by atoms with Gasteiger partial charge in [0.15, 0.2) is 5.82 Å². The van der Waals surface area contributed by atoms with Gasteiger partial charge in [0.05, 0.1) is 17.7 Å². The largest absolute Gasteiger partial charge is 0.493 e. The Morgan fingerprint density at radius 2 is 1.94 bits per heavy atom. The molecule has 2 N–H and O–H groups in total.